The van der Waals surface area contributed by atoms with Gasteiger partial charge in [-0.05, 0) is 44.4 Å². The van der Waals surface area contributed by atoms with Gasteiger partial charge in [0.15, 0.2) is 0 Å². The van der Waals surface area contributed by atoms with Gasteiger partial charge in [-0.25, -0.2) is 4.79 Å². The molecule has 30 heavy (non-hydrogen) atoms. The molecule has 0 saturated heterocycles. The van der Waals surface area contributed by atoms with Crippen LogP contribution in [0.3, 0.4) is 0 Å². The topological polar surface area (TPSA) is 95.9 Å². The summed E-state index contributed by atoms with van der Waals surface area (Å²) in [4.78, 5) is 23.1. The van der Waals surface area contributed by atoms with E-state index < -0.39 is 17.7 Å². The van der Waals surface area contributed by atoms with Gasteiger partial charge in [-0.2, -0.15) is 0 Å². The Morgan fingerprint density at radius 3 is 2.53 bits per heavy atom. The zero-order chi connectivity index (χ0) is 22.6. The van der Waals surface area contributed by atoms with E-state index in [-0.39, 0.29) is 11.9 Å². The Morgan fingerprint density at radius 2 is 1.90 bits per heavy atom. The minimum atomic E-state index is -2.48. The molecule has 0 spiro atoms. The van der Waals surface area contributed by atoms with E-state index in [2.05, 4.69) is 29.1 Å². The first-order chi connectivity index (χ1) is 14.2. The van der Waals surface area contributed by atoms with E-state index in [1.165, 1.54) is 25.7 Å². The predicted molar refractivity (Wildman–Crippen MR) is 118 cm³/mol. The zero-order valence-corrected chi connectivity index (χ0v) is 19.1. The summed E-state index contributed by atoms with van der Waals surface area (Å²) in [7, 11) is 1.13. The van der Waals surface area contributed by atoms with Crippen molar-refractivity contribution in [3.63, 3.8) is 0 Å². The number of unbranched alkanes of at least 4 members (excludes halogenated alkanes) is 4. The van der Waals surface area contributed by atoms with Gasteiger partial charge in [0, 0.05) is 24.8 Å². The van der Waals surface area contributed by atoms with E-state index in [0.29, 0.717) is 18.3 Å². The van der Waals surface area contributed by atoms with Crippen LogP contribution < -0.4 is 5.32 Å². The van der Waals surface area contributed by atoms with Crippen molar-refractivity contribution in [1.82, 2.24) is 5.32 Å². The molecule has 6 nitrogen and oxygen atoms in total. The summed E-state index contributed by atoms with van der Waals surface area (Å²) in [5.74, 6) is -3.43. The molecule has 1 rings (SSSR count). The van der Waals surface area contributed by atoms with E-state index in [1.807, 2.05) is 12.2 Å². The third-order valence-electron chi connectivity index (χ3n) is 6.10. The van der Waals surface area contributed by atoms with Crippen molar-refractivity contribution in [2.45, 2.75) is 90.4 Å². The zero-order valence-electron chi connectivity index (χ0n) is 19.1. The molecular formula is C24H41NO5. The van der Waals surface area contributed by atoms with Gasteiger partial charge in [0.1, 0.15) is 0 Å². The minimum Gasteiger partial charge on any atom is -0.465 e. The average Bonchev–Trinajstić information content (AvgIpc) is 3.07. The molecule has 0 radical (unpaired) electrons. The molecule has 0 aliphatic heterocycles. The van der Waals surface area contributed by atoms with Gasteiger partial charge in [-0.15, -0.1) is 0 Å². The molecule has 1 saturated carbocycles. The van der Waals surface area contributed by atoms with Gasteiger partial charge in [0.05, 0.1) is 7.11 Å². The highest BCUT2D eigenvalue weighted by molar-refractivity contribution is 5.77. The molecule has 0 aromatic heterocycles. The first kappa shape index (κ1) is 26.4. The molecule has 0 heterocycles. The Bertz CT molecular complexity index is 584. The Labute approximate surface area is 181 Å². The molecular weight excluding hydrogens is 382 g/mol. The molecule has 1 unspecified atom stereocenters. The normalized spacial score (nSPS) is 23.2. The number of hydrogen-bond acceptors (Lipinski definition) is 5. The number of carbonyl (C=O) groups is 2. The number of nitrogens with one attached hydrogen (secondary N) is 1. The lowest BCUT2D eigenvalue weighted by Crippen LogP contribution is -2.45. The Morgan fingerprint density at radius 1 is 1.17 bits per heavy atom. The van der Waals surface area contributed by atoms with Crippen molar-refractivity contribution < 1.29 is 24.5 Å². The second-order valence-electron chi connectivity index (χ2n) is 8.56. The van der Waals surface area contributed by atoms with E-state index in [4.69, 9.17) is 0 Å². The Kier molecular flexibility index (Phi) is 12.0. The molecule has 4 atom stereocenters. The fourth-order valence-electron chi connectivity index (χ4n) is 4.13. The summed E-state index contributed by atoms with van der Waals surface area (Å²) in [6, 6.07) is 0.175. The number of hydrogen-bond donors (Lipinski definition) is 3. The van der Waals surface area contributed by atoms with E-state index in [9.17, 15) is 19.8 Å². The minimum absolute atomic E-state index is 0.0106. The van der Waals surface area contributed by atoms with Crippen molar-refractivity contribution >= 4 is 11.9 Å². The summed E-state index contributed by atoms with van der Waals surface area (Å²) in [5.41, 5.74) is 0. The molecule has 1 amide bonds. The molecule has 1 aliphatic carbocycles. The lowest BCUT2D eigenvalue weighted by atomic mass is 9.89. The summed E-state index contributed by atoms with van der Waals surface area (Å²) >= 11 is 0. The third-order valence-corrected chi connectivity index (χ3v) is 6.10. The van der Waals surface area contributed by atoms with Crippen LogP contribution in [0.4, 0.5) is 0 Å². The number of aliphatic hydroxyl groups is 2. The highest BCUT2D eigenvalue weighted by Gasteiger charge is 2.40. The second-order valence-corrected chi connectivity index (χ2v) is 8.56. The summed E-state index contributed by atoms with van der Waals surface area (Å²) < 4.78 is 4.44. The smallest absolute Gasteiger partial charge is 0.366 e. The van der Waals surface area contributed by atoms with Gasteiger partial charge in [-0.1, -0.05) is 57.4 Å². The molecule has 3 N–H and O–H groups in total. The lowest BCUT2D eigenvalue weighted by molar-refractivity contribution is -0.222. The van der Waals surface area contributed by atoms with Gasteiger partial charge < -0.3 is 20.3 Å². The Balaban J connectivity index is 2.62. The van der Waals surface area contributed by atoms with Crippen LogP contribution >= 0.6 is 0 Å². The van der Waals surface area contributed by atoms with E-state index >= 15 is 0 Å². The quantitative estimate of drug-likeness (QED) is 0.181. The predicted octanol–water partition coefficient (Wildman–Crippen LogP) is 3.87. The van der Waals surface area contributed by atoms with Crippen LogP contribution in [0.2, 0.25) is 0 Å². The highest BCUT2D eigenvalue weighted by Crippen LogP contribution is 2.36. The van der Waals surface area contributed by atoms with E-state index in [1.54, 1.807) is 13.8 Å². The largest absolute Gasteiger partial charge is 0.465 e. The summed E-state index contributed by atoms with van der Waals surface area (Å²) in [6.07, 6.45) is 17.8. The number of methoxy groups -OCH3 is 1. The van der Waals surface area contributed by atoms with Crippen molar-refractivity contribution in [2.75, 3.05) is 7.11 Å². The fourth-order valence-corrected chi connectivity index (χ4v) is 4.13. The number of amides is 1. The van der Waals surface area contributed by atoms with Crippen molar-refractivity contribution in [3.05, 3.63) is 24.3 Å². The van der Waals surface area contributed by atoms with Crippen LogP contribution in [-0.4, -0.2) is 41.0 Å². The fraction of sp³-hybridized carbons (Fsp3) is 0.750. The number of carbonyl (C=O) groups excluding carboxylic acids is 2. The van der Waals surface area contributed by atoms with Crippen LogP contribution in [0, 0.1) is 17.8 Å². The van der Waals surface area contributed by atoms with Crippen LogP contribution in [0.1, 0.15) is 78.6 Å². The SMILES string of the molecule is CCCCCC/C=C/[C@@H]1[C@@H](C/C=C\CC(C)C(O)(O)C(=O)OC)CC[C@H]1NC(C)=O. The maximum absolute atomic E-state index is 11.6. The van der Waals surface area contributed by atoms with Gasteiger partial charge in [0.25, 0.3) is 5.79 Å². The van der Waals surface area contributed by atoms with Crippen molar-refractivity contribution in [2.24, 2.45) is 17.8 Å². The molecule has 1 fully saturated rings. The second kappa shape index (κ2) is 13.6. The first-order valence-electron chi connectivity index (χ1n) is 11.4. The number of esters is 1. The molecule has 172 valence electrons. The molecule has 6 heteroatoms. The monoisotopic (exact) mass is 423 g/mol. The molecule has 0 aromatic rings. The van der Waals surface area contributed by atoms with Gasteiger partial charge in [-0.3, -0.25) is 4.79 Å². The maximum Gasteiger partial charge on any atom is 0.366 e. The first-order valence-corrected chi connectivity index (χ1v) is 11.4. The van der Waals surface area contributed by atoms with Crippen molar-refractivity contribution in [3.8, 4) is 0 Å². The number of ether oxygens (including phenoxy) is 1. The van der Waals surface area contributed by atoms with Crippen LogP contribution in [0.25, 0.3) is 0 Å². The lowest BCUT2D eigenvalue weighted by Gasteiger charge is -2.24. The molecule has 0 bridgehead atoms. The molecule has 1 aliphatic rings. The van der Waals surface area contributed by atoms with Crippen LogP contribution in [-0.2, 0) is 14.3 Å². The van der Waals surface area contributed by atoms with E-state index in [0.717, 1.165) is 32.8 Å². The molecule has 0 aromatic carbocycles. The van der Waals surface area contributed by atoms with Crippen molar-refractivity contribution in [1.29, 1.82) is 0 Å². The van der Waals surface area contributed by atoms with Crippen LogP contribution in [0.15, 0.2) is 24.3 Å². The van der Waals surface area contributed by atoms with Gasteiger partial charge >= 0.3 is 5.97 Å². The standard InChI is InChI=1S/C24H41NO5/c1-5-6-7-8-9-10-15-21-20(16-17-22(21)25-19(3)26)14-12-11-13-18(2)24(28,29)23(27)30-4/h10-12,15,18,20-22,28-29H,5-9,13-14,16-17H2,1-4H3,(H,25,26)/b12-11-,15-10+/t18?,20-,21+,22+/m0/s1. The third kappa shape index (κ3) is 8.60. The Hall–Kier alpha value is -1.66. The highest BCUT2D eigenvalue weighted by atomic mass is 16.6. The number of rotatable bonds is 13. The van der Waals surface area contributed by atoms with Crippen LogP contribution in [0.5, 0.6) is 0 Å². The average molecular weight is 424 g/mol. The summed E-state index contributed by atoms with van der Waals surface area (Å²) in [5, 5.41) is 22.9. The number of allylic oxidation sites excluding steroid dienone is 3. The summed E-state index contributed by atoms with van der Waals surface area (Å²) in [6.45, 7) is 5.38. The van der Waals surface area contributed by atoms with Gasteiger partial charge in [0.2, 0.25) is 5.91 Å². The maximum atomic E-state index is 11.6.